The van der Waals surface area contributed by atoms with Gasteiger partial charge in [0.15, 0.2) is 0 Å². The van der Waals surface area contributed by atoms with Crippen molar-refractivity contribution < 1.29 is 0 Å². The molecule has 1 aliphatic carbocycles. The van der Waals surface area contributed by atoms with Crippen molar-refractivity contribution in [2.75, 3.05) is 11.9 Å². The van der Waals surface area contributed by atoms with Gasteiger partial charge in [-0.2, -0.15) is 5.10 Å². The highest BCUT2D eigenvalue weighted by Gasteiger charge is 2.27. The van der Waals surface area contributed by atoms with Gasteiger partial charge in [0.05, 0.1) is 5.69 Å². The zero-order chi connectivity index (χ0) is 13.3. The summed E-state index contributed by atoms with van der Waals surface area (Å²) in [6.45, 7) is 4.24. The molecule has 0 bridgehead atoms. The average molecular weight is 250 g/mol. The summed E-state index contributed by atoms with van der Waals surface area (Å²) in [5.41, 5.74) is 8.58. The van der Waals surface area contributed by atoms with Crippen LogP contribution >= 0.6 is 0 Å². The maximum absolute atomic E-state index is 6.12. The van der Waals surface area contributed by atoms with E-state index >= 15 is 0 Å². The molecule has 18 heavy (non-hydrogen) atoms. The van der Waals surface area contributed by atoms with E-state index in [1.165, 1.54) is 30.6 Å². The molecule has 1 saturated carbocycles. The van der Waals surface area contributed by atoms with Crippen LogP contribution < -0.4 is 10.6 Å². The van der Waals surface area contributed by atoms with Gasteiger partial charge < -0.3 is 10.6 Å². The first-order valence-corrected chi connectivity index (χ1v) is 7.05. The molecule has 102 valence electrons. The molecule has 1 aromatic rings. The van der Waals surface area contributed by atoms with Gasteiger partial charge >= 0.3 is 0 Å². The number of aryl methyl sites for hydroxylation is 2. The van der Waals surface area contributed by atoms with Crippen molar-refractivity contribution in [3.63, 3.8) is 0 Å². The Kier molecular flexibility index (Phi) is 3.95. The lowest BCUT2D eigenvalue weighted by atomic mass is 9.91. The Hall–Kier alpha value is -1.03. The SMILES string of the molecule is CCC(N)Cc1c(C)nn(C)c1N(C)C1CCC1. The first-order chi connectivity index (χ1) is 8.54. The minimum absolute atomic E-state index is 0.237. The van der Waals surface area contributed by atoms with Crippen molar-refractivity contribution in [2.24, 2.45) is 12.8 Å². The van der Waals surface area contributed by atoms with Crippen LogP contribution in [0.2, 0.25) is 0 Å². The predicted molar refractivity (Wildman–Crippen MR) is 76.0 cm³/mol. The van der Waals surface area contributed by atoms with E-state index < -0.39 is 0 Å². The molecule has 2 N–H and O–H groups in total. The van der Waals surface area contributed by atoms with Crippen LogP contribution in [0.25, 0.3) is 0 Å². The van der Waals surface area contributed by atoms with Crippen molar-refractivity contribution >= 4 is 5.82 Å². The number of nitrogens with zero attached hydrogens (tertiary/aromatic N) is 3. The molecular formula is C14H26N4. The van der Waals surface area contributed by atoms with Gasteiger partial charge in [-0.05, 0) is 39.0 Å². The molecule has 1 atom stereocenters. The van der Waals surface area contributed by atoms with E-state index in [-0.39, 0.29) is 6.04 Å². The molecule has 0 saturated heterocycles. The molecule has 0 spiro atoms. The summed E-state index contributed by atoms with van der Waals surface area (Å²) in [6.07, 6.45) is 5.92. The van der Waals surface area contributed by atoms with Crippen LogP contribution in [0.3, 0.4) is 0 Å². The van der Waals surface area contributed by atoms with E-state index in [1.807, 2.05) is 11.7 Å². The molecule has 0 aromatic carbocycles. The van der Waals surface area contributed by atoms with Crippen molar-refractivity contribution in [1.82, 2.24) is 9.78 Å². The number of anilines is 1. The maximum Gasteiger partial charge on any atom is 0.130 e. The van der Waals surface area contributed by atoms with Crippen molar-refractivity contribution in [3.8, 4) is 0 Å². The Morgan fingerprint density at radius 1 is 1.50 bits per heavy atom. The van der Waals surface area contributed by atoms with Crippen molar-refractivity contribution in [3.05, 3.63) is 11.3 Å². The smallest absolute Gasteiger partial charge is 0.130 e. The zero-order valence-corrected chi connectivity index (χ0v) is 12.1. The van der Waals surface area contributed by atoms with Gasteiger partial charge in [-0.15, -0.1) is 0 Å². The highest BCUT2D eigenvalue weighted by Crippen LogP contribution is 2.31. The molecular weight excluding hydrogens is 224 g/mol. The van der Waals surface area contributed by atoms with E-state index in [4.69, 9.17) is 5.73 Å². The lowest BCUT2D eigenvalue weighted by Gasteiger charge is -2.36. The molecule has 0 amide bonds. The summed E-state index contributed by atoms with van der Waals surface area (Å²) in [4.78, 5) is 2.40. The summed E-state index contributed by atoms with van der Waals surface area (Å²) < 4.78 is 2.02. The van der Waals surface area contributed by atoms with E-state index in [1.54, 1.807) is 0 Å². The highest BCUT2D eigenvalue weighted by atomic mass is 15.4. The van der Waals surface area contributed by atoms with Crippen LogP contribution in [0.15, 0.2) is 0 Å². The average Bonchev–Trinajstić information content (AvgIpc) is 2.51. The van der Waals surface area contributed by atoms with Gasteiger partial charge in [-0.25, -0.2) is 0 Å². The zero-order valence-electron chi connectivity index (χ0n) is 12.1. The summed E-state index contributed by atoms with van der Waals surface area (Å²) in [7, 11) is 4.24. The third kappa shape index (κ3) is 2.39. The van der Waals surface area contributed by atoms with E-state index in [2.05, 4.69) is 30.9 Å². The molecule has 0 radical (unpaired) electrons. The van der Waals surface area contributed by atoms with Crippen molar-refractivity contribution in [1.29, 1.82) is 0 Å². The normalized spacial score (nSPS) is 17.6. The first kappa shape index (κ1) is 13.4. The molecule has 1 fully saturated rings. The van der Waals surface area contributed by atoms with E-state index in [0.717, 1.165) is 18.5 Å². The minimum atomic E-state index is 0.237. The number of aromatic nitrogens is 2. The number of hydrogen-bond acceptors (Lipinski definition) is 3. The van der Waals surface area contributed by atoms with Crippen LogP contribution in [0, 0.1) is 6.92 Å². The van der Waals surface area contributed by atoms with Crippen LogP contribution in [0.1, 0.15) is 43.9 Å². The Morgan fingerprint density at radius 2 is 2.17 bits per heavy atom. The molecule has 1 heterocycles. The van der Waals surface area contributed by atoms with Crippen molar-refractivity contribution in [2.45, 2.75) is 58.0 Å². The van der Waals surface area contributed by atoms with Crippen LogP contribution in [-0.4, -0.2) is 28.9 Å². The Balaban J connectivity index is 2.26. The molecule has 1 unspecified atom stereocenters. The molecule has 0 aliphatic heterocycles. The fourth-order valence-corrected chi connectivity index (χ4v) is 2.72. The summed E-state index contributed by atoms with van der Waals surface area (Å²) in [5, 5.41) is 4.58. The highest BCUT2D eigenvalue weighted by molar-refractivity contribution is 5.51. The van der Waals surface area contributed by atoms with E-state index in [0.29, 0.717) is 6.04 Å². The van der Waals surface area contributed by atoms with Gasteiger partial charge in [-0.3, -0.25) is 4.68 Å². The fourth-order valence-electron chi connectivity index (χ4n) is 2.72. The first-order valence-electron chi connectivity index (χ1n) is 7.05. The number of nitrogens with two attached hydrogens (primary N) is 1. The Bertz CT molecular complexity index is 406. The summed E-state index contributed by atoms with van der Waals surface area (Å²) in [5.74, 6) is 1.26. The standard InChI is InChI=1S/C14H26N4/c1-5-11(15)9-13-10(2)16-18(4)14(13)17(3)12-7-6-8-12/h11-12H,5-9,15H2,1-4H3. The molecule has 1 aromatic heterocycles. The van der Waals surface area contributed by atoms with Crippen LogP contribution in [-0.2, 0) is 13.5 Å². The second kappa shape index (κ2) is 5.31. The minimum Gasteiger partial charge on any atom is -0.357 e. The Morgan fingerprint density at radius 3 is 2.67 bits per heavy atom. The molecule has 2 rings (SSSR count). The second-order valence-electron chi connectivity index (χ2n) is 5.58. The summed E-state index contributed by atoms with van der Waals surface area (Å²) >= 11 is 0. The third-order valence-corrected chi connectivity index (χ3v) is 4.26. The van der Waals surface area contributed by atoms with Crippen LogP contribution in [0.4, 0.5) is 5.82 Å². The molecule has 4 nitrogen and oxygen atoms in total. The Labute approximate surface area is 110 Å². The number of rotatable bonds is 5. The molecule has 1 aliphatic rings. The third-order valence-electron chi connectivity index (χ3n) is 4.26. The van der Waals surface area contributed by atoms with E-state index in [9.17, 15) is 0 Å². The fraction of sp³-hybridized carbons (Fsp3) is 0.786. The van der Waals surface area contributed by atoms with Gasteiger partial charge in [0.1, 0.15) is 5.82 Å². The summed E-state index contributed by atoms with van der Waals surface area (Å²) in [6, 6.07) is 0.929. The predicted octanol–water partition coefficient (Wildman–Crippen LogP) is 2.00. The monoisotopic (exact) mass is 250 g/mol. The topological polar surface area (TPSA) is 47.1 Å². The van der Waals surface area contributed by atoms with Gasteiger partial charge in [0.25, 0.3) is 0 Å². The number of hydrogen-bond donors (Lipinski definition) is 1. The largest absolute Gasteiger partial charge is 0.357 e. The second-order valence-corrected chi connectivity index (χ2v) is 5.58. The lowest BCUT2D eigenvalue weighted by Crippen LogP contribution is -2.39. The van der Waals surface area contributed by atoms with Crippen LogP contribution in [0.5, 0.6) is 0 Å². The quantitative estimate of drug-likeness (QED) is 0.869. The maximum atomic E-state index is 6.12. The van der Waals surface area contributed by atoms with Gasteiger partial charge in [0.2, 0.25) is 0 Å². The lowest BCUT2D eigenvalue weighted by molar-refractivity contribution is 0.395. The van der Waals surface area contributed by atoms with Gasteiger partial charge in [-0.1, -0.05) is 6.92 Å². The molecule has 4 heteroatoms. The van der Waals surface area contributed by atoms with Gasteiger partial charge in [0, 0.05) is 31.7 Å².